The van der Waals surface area contributed by atoms with E-state index in [1.54, 1.807) is 0 Å². The molecule has 0 amide bonds. The van der Waals surface area contributed by atoms with Gasteiger partial charge in [0.2, 0.25) is 0 Å². The van der Waals surface area contributed by atoms with Crippen molar-refractivity contribution in [1.29, 1.82) is 0 Å². The molecule has 1 heterocycles. The summed E-state index contributed by atoms with van der Waals surface area (Å²) in [5, 5.41) is 0. The second kappa shape index (κ2) is 5.57. The molecule has 2 aromatic carbocycles. The van der Waals surface area contributed by atoms with Crippen molar-refractivity contribution < 1.29 is 9.47 Å². The van der Waals surface area contributed by atoms with E-state index < -0.39 is 0 Å². The molecule has 2 nitrogen and oxygen atoms in total. The predicted molar refractivity (Wildman–Crippen MR) is 88.7 cm³/mol. The van der Waals surface area contributed by atoms with Crippen LogP contribution in [0.2, 0.25) is 0 Å². The summed E-state index contributed by atoms with van der Waals surface area (Å²) >= 11 is 3.43. The van der Waals surface area contributed by atoms with Crippen LogP contribution in [0.15, 0.2) is 53.0 Å². The third-order valence-corrected chi connectivity index (χ3v) is 3.87. The fourth-order valence-electron chi connectivity index (χ4n) is 2.19. The quantitative estimate of drug-likeness (QED) is 0.760. The van der Waals surface area contributed by atoms with Gasteiger partial charge in [-0.25, -0.2) is 0 Å². The first-order valence-electron chi connectivity index (χ1n) is 6.91. The second-order valence-electron chi connectivity index (χ2n) is 5.65. The molecule has 108 valence electrons. The normalized spacial score (nSPS) is 15.2. The Hall–Kier alpha value is -1.74. The van der Waals surface area contributed by atoms with Crippen molar-refractivity contribution in [2.24, 2.45) is 0 Å². The lowest BCUT2D eigenvalue weighted by Gasteiger charge is -2.28. The number of hydrogen-bond acceptors (Lipinski definition) is 2. The van der Waals surface area contributed by atoms with E-state index >= 15 is 0 Å². The van der Waals surface area contributed by atoms with Crippen LogP contribution in [0.1, 0.15) is 25.0 Å². The fourth-order valence-corrected chi connectivity index (χ4v) is 2.45. The van der Waals surface area contributed by atoms with Crippen molar-refractivity contribution >= 4 is 22.0 Å². The Labute approximate surface area is 133 Å². The maximum absolute atomic E-state index is 5.95. The second-order valence-corrected chi connectivity index (χ2v) is 6.57. The van der Waals surface area contributed by atoms with Gasteiger partial charge in [0, 0.05) is 16.1 Å². The Morgan fingerprint density at radius 2 is 1.86 bits per heavy atom. The van der Waals surface area contributed by atoms with Crippen molar-refractivity contribution in [3.05, 3.63) is 64.1 Å². The van der Waals surface area contributed by atoms with Gasteiger partial charge in [-0.1, -0.05) is 34.1 Å². The number of halogens is 1. The third kappa shape index (κ3) is 3.48. The summed E-state index contributed by atoms with van der Waals surface area (Å²) in [5.41, 5.74) is 1.96. The van der Waals surface area contributed by atoms with E-state index in [1.807, 2.05) is 56.3 Å². The van der Waals surface area contributed by atoms with Crippen molar-refractivity contribution in [1.82, 2.24) is 0 Å². The van der Waals surface area contributed by atoms with Gasteiger partial charge in [0.15, 0.2) is 0 Å². The van der Waals surface area contributed by atoms with Crippen LogP contribution in [-0.4, -0.2) is 5.60 Å². The summed E-state index contributed by atoms with van der Waals surface area (Å²) in [4.78, 5) is 0. The smallest absolute Gasteiger partial charge is 0.131 e. The summed E-state index contributed by atoms with van der Waals surface area (Å²) in [6.45, 7) is 4.63. The van der Waals surface area contributed by atoms with E-state index in [2.05, 4.69) is 28.1 Å². The molecule has 3 rings (SSSR count). The first kappa shape index (κ1) is 14.2. The van der Waals surface area contributed by atoms with Gasteiger partial charge in [0.1, 0.15) is 23.7 Å². The number of benzene rings is 2. The van der Waals surface area contributed by atoms with Crippen molar-refractivity contribution in [2.45, 2.75) is 26.1 Å². The Kier molecular flexibility index (Phi) is 3.77. The number of rotatable bonds is 3. The van der Waals surface area contributed by atoms with Crippen LogP contribution in [0.5, 0.6) is 11.5 Å². The molecule has 0 aromatic heterocycles. The highest BCUT2D eigenvalue weighted by molar-refractivity contribution is 9.10. The molecule has 0 saturated heterocycles. The van der Waals surface area contributed by atoms with Gasteiger partial charge >= 0.3 is 0 Å². The molecule has 3 heteroatoms. The minimum Gasteiger partial charge on any atom is -0.489 e. The highest BCUT2D eigenvalue weighted by Crippen LogP contribution is 2.33. The summed E-state index contributed by atoms with van der Waals surface area (Å²) in [5.74, 6) is 1.69. The Balaban J connectivity index is 1.73. The monoisotopic (exact) mass is 344 g/mol. The largest absolute Gasteiger partial charge is 0.489 e. The average Bonchev–Trinajstić information content (AvgIpc) is 2.45. The standard InChI is InChI=1S/C18H17BrO2/c1-18(2)10-9-14-5-8-16(11-17(14)21-18)20-12-13-3-6-15(19)7-4-13/h3-11H,12H2,1-2H3. The highest BCUT2D eigenvalue weighted by atomic mass is 79.9. The van der Waals surface area contributed by atoms with E-state index in [9.17, 15) is 0 Å². The summed E-state index contributed by atoms with van der Waals surface area (Å²) < 4.78 is 12.9. The van der Waals surface area contributed by atoms with E-state index in [4.69, 9.17) is 9.47 Å². The molecule has 21 heavy (non-hydrogen) atoms. The van der Waals surface area contributed by atoms with E-state index in [0.29, 0.717) is 6.61 Å². The topological polar surface area (TPSA) is 18.5 Å². The zero-order valence-electron chi connectivity index (χ0n) is 12.1. The van der Waals surface area contributed by atoms with Crippen LogP contribution in [0.4, 0.5) is 0 Å². The molecule has 0 saturated carbocycles. The lowest BCUT2D eigenvalue weighted by molar-refractivity contribution is 0.158. The fraction of sp³-hybridized carbons (Fsp3) is 0.222. The van der Waals surface area contributed by atoms with Crippen molar-refractivity contribution in [3.8, 4) is 11.5 Å². The van der Waals surface area contributed by atoms with Crippen LogP contribution in [-0.2, 0) is 6.61 Å². The SMILES string of the molecule is CC1(C)C=Cc2ccc(OCc3ccc(Br)cc3)cc2O1. The Bertz CT molecular complexity index is 672. The molecule has 0 bridgehead atoms. The lowest BCUT2D eigenvalue weighted by Crippen LogP contribution is -2.27. The molecular formula is C18H17BrO2. The molecule has 1 aliphatic rings. The predicted octanol–water partition coefficient (Wildman–Crippen LogP) is 5.21. The van der Waals surface area contributed by atoms with E-state index in [0.717, 1.165) is 27.1 Å². The average molecular weight is 345 g/mol. The molecule has 0 atom stereocenters. The van der Waals surface area contributed by atoms with Gasteiger partial charge in [-0.3, -0.25) is 0 Å². The Morgan fingerprint density at radius 1 is 1.10 bits per heavy atom. The number of fused-ring (bicyclic) bond motifs is 1. The maximum atomic E-state index is 5.95. The maximum Gasteiger partial charge on any atom is 0.131 e. The summed E-state index contributed by atoms with van der Waals surface area (Å²) in [6.07, 6.45) is 4.16. The van der Waals surface area contributed by atoms with Gasteiger partial charge in [-0.05, 0) is 49.8 Å². The van der Waals surface area contributed by atoms with Gasteiger partial charge in [0.25, 0.3) is 0 Å². The van der Waals surface area contributed by atoms with Gasteiger partial charge < -0.3 is 9.47 Å². The molecular weight excluding hydrogens is 328 g/mol. The van der Waals surface area contributed by atoms with Gasteiger partial charge in [0.05, 0.1) is 0 Å². The van der Waals surface area contributed by atoms with Crippen molar-refractivity contribution in [2.75, 3.05) is 0 Å². The molecule has 0 radical (unpaired) electrons. The first-order valence-corrected chi connectivity index (χ1v) is 7.71. The lowest BCUT2D eigenvalue weighted by atomic mass is 10.0. The third-order valence-electron chi connectivity index (χ3n) is 3.34. The van der Waals surface area contributed by atoms with Gasteiger partial charge in [-0.15, -0.1) is 0 Å². The van der Waals surface area contributed by atoms with Crippen molar-refractivity contribution in [3.63, 3.8) is 0 Å². The zero-order chi connectivity index (χ0) is 14.9. The van der Waals surface area contributed by atoms with Crippen LogP contribution in [0.3, 0.4) is 0 Å². The highest BCUT2D eigenvalue weighted by Gasteiger charge is 2.21. The molecule has 0 spiro atoms. The van der Waals surface area contributed by atoms with Crippen LogP contribution >= 0.6 is 15.9 Å². The van der Waals surface area contributed by atoms with E-state index in [1.165, 1.54) is 0 Å². The number of hydrogen-bond donors (Lipinski definition) is 0. The number of ether oxygens (including phenoxy) is 2. The van der Waals surface area contributed by atoms with Gasteiger partial charge in [-0.2, -0.15) is 0 Å². The van der Waals surface area contributed by atoms with Crippen LogP contribution < -0.4 is 9.47 Å². The Morgan fingerprint density at radius 3 is 2.62 bits per heavy atom. The minimum atomic E-state index is -0.267. The molecule has 0 aliphatic carbocycles. The summed E-state index contributed by atoms with van der Waals surface area (Å²) in [7, 11) is 0. The molecule has 0 unspecified atom stereocenters. The summed E-state index contributed by atoms with van der Waals surface area (Å²) in [6, 6.07) is 14.1. The molecule has 1 aliphatic heterocycles. The van der Waals surface area contributed by atoms with Crippen LogP contribution in [0.25, 0.3) is 6.08 Å². The van der Waals surface area contributed by atoms with E-state index in [-0.39, 0.29) is 5.60 Å². The first-order chi connectivity index (χ1) is 10.0. The minimum absolute atomic E-state index is 0.267. The molecule has 0 fully saturated rings. The molecule has 2 aromatic rings. The zero-order valence-corrected chi connectivity index (χ0v) is 13.7. The van der Waals surface area contributed by atoms with Crippen LogP contribution in [0, 0.1) is 0 Å². The molecule has 0 N–H and O–H groups in total.